The van der Waals surface area contributed by atoms with Gasteiger partial charge >= 0.3 is 0 Å². The van der Waals surface area contributed by atoms with E-state index < -0.39 is 0 Å². The van der Waals surface area contributed by atoms with Crippen molar-refractivity contribution in [1.29, 1.82) is 0 Å². The summed E-state index contributed by atoms with van der Waals surface area (Å²) < 4.78 is 1.20. The Balaban J connectivity index is 1.53. The second kappa shape index (κ2) is 5.35. The molecule has 0 saturated carbocycles. The third-order valence-corrected chi connectivity index (χ3v) is 6.64. The molecule has 114 valence electrons. The fraction of sp³-hybridized carbons (Fsp3) is 0.222. The normalized spacial score (nSPS) is 21.7. The van der Waals surface area contributed by atoms with Crippen LogP contribution >= 0.6 is 23.1 Å². The van der Waals surface area contributed by atoms with Gasteiger partial charge < -0.3 is 4.90 Å². The average Bonchev–Trinajstić information content (AvgIpc) is 3.18. The number of hydrogen-bond acceptors (Lipinski definition) is 4. The van der Waals surface area contributed by atoms with Crippen LogP contribution in [0.15, 0.2) is 53.1 Å². The van der Waals surface area contributed by atoms with Gasteiger partial charge in [-0.1, -0.05) is 36.0 Å². The van der Waals surface area contributed by atoms with Crippen molar-refractivity contribution in [1.82, 2.24) is 9.88 Å². The number of rotatable bonds is 1. The number of aliphatic imine (C=N–C) groups is 1. The molecule has 2 aliphatic rings. The zero-order valence-electron chi connectivity index (χ0n) is 12.5. The topological polar surface area (TPSA) is 28.5 Å². The van der Waals surface area contributed by atoms with Crippen LogP contribution in [0.2, 0.25) is 0 Å². The van der Waals surface area contributed by atoms with Crippen molar-refractivity contribution in [2.24, 2.45) is 4.99 Å². The minimum atomic E-state index is 0.584. The zero-order valence-corrected chi connectivity index (χ0v) is 14.1. The molecule has 1 unspecified atom stereocenters. The lowest BCUT2D eigenvalue weighted by Crippen LogP contribution is -2.38. The molecule has 5 rings (SSSR count). The van der Waals surface area contributed by atoms with Gasteiger partial charge in [-0.05, 0) is 23.6 Å². The Kier molecular flexibility index (Phi) is 3.16. The van der Waals surface area contributed by atoms with Crippen molar-refractivity contribution < 1.29 is 0 Å². The quantitative estimate of drug-likeness (QED) is 0.656. The van der Waals surface area contributed by atoms with E-state index in [1.807, 2.05) is 24.2 Å². The summed E-state index contributed by atoms with van der Waals surface area (Å²) in [6.07, 6.45) is 4.91. The Morgan fingerprint density at radius 2 is 2.09 bits per heavy atom. The van der Waals surface area contributed by atoms with Gasteiger partial charge in [-0.2, -0.15) is 0 Å². The van der Waals surface area contributed by atoms with Gasteiger partial charge in [-0.25, -0.2) is 4.99 Å². The smallest absolute Gasteiger partial charge is 0.165 e. The Bertz CT molecular complexity index is 915. The summed E-state index contributed by atoms with van der Waals surface area (Å²) in [5.74, 6) is 1.14. The van der Waals surface area contributed by atoms with Crippen molar-refractivity contribution >= 4 is 44.0 Å². The van der Waals surface area contributed by atoms with E-state index >= 15 is 0 Å². The summed E-state index contributed by atoms with van der Waals surface area (Å²) in [5, 5.41) is 4.52. The van der Waals surface area contributed by atoms with Crippen molar-refractivity contribution in [3.05, 3.63) is 59.2 Å². The molecule has 0 N–H and O–H groups in total. The first kappa shape index (κ1) is 13.6. The SMILES string of the molecule is c1ccc2c(c1)CC1CSC(=Nc3csc4cnccc34)N1C2. The van der Waals surface area contributed by atoms with E-state index in [-0.39, 0.29) is 0 Å². The first-order valence-electron chi connectivity index (χ1n) is 7.74. The van der Waals surface area contributed by atoms with Crippen molar-refractivity contribution in [2.75, 3.05) is 5.75 Å². The zero-order chi connectivity index (χ0) is 15.2. The van der Waals surface area contributed by atoms with Crippen LogP contribution in [0.4, 0.5) is 5.69 Å². The number of amidine groups is 1. The molecule has 4 heterocycles. The lowest BCUT2D eigenvalue weighted by molar-refractivity contribution is 0.320. The minimum absolute atomic E-state index is 0.584. The molecule has 1 fully saturated rings. The number of hydrogen-bond donors (Lipinski definition) is 0. The molecule has 0 aliphatic carbocycles. The molecule has 0 amide bonds. The van der Waals surface area contributed by atoms with Crippen LogP contribution in [0.25, 0.3) is 10.1 Å². The fourth-order valence-electron chi connectivity index (χ4n) is 3.37. The van der Waals surface area contributed by atoms with Crippen molar-refractivity contribution in [2.45, 2.75) is 19.0 Å². The summed E-state index contributed by atoms with van der Waals surface area (Å²) in [5.41, 5.74) is 4.02. The molecule has 0 bridgehead atoms. The summed E-state index contributed by atoms with van der Waals surface area (Å²) in [6, 6.07) is 11.5. The monoisotopic (exact) mass is 337 g/mol. The van der Waals surface area contributed by atoms with Gasteiger partial charge in [0.1, 0.15) is 0 Å². The Labute approximate surface area is 143 Å². The van der Waals surface area contributed by atoms with Gasteiger partial charge in [0.15, 0.2) is 5.17 Å². The molecular formula is C18H15N3S2. The van der Waals surface area contributed by atoms with E-state index in [2.05, 4.69) is 45.6 Å². The van der Waals surface area contributed by atoms with Crippen LogP contribution in [0, 0.1) is 0 Å². The maximum atomic E-state index is 4.99. The molecule has 23 heavy (non-hydrogen) atoms. The first-order chi connectivity index (χ1) is 11.4. The molecule has 1 aromatic carbocycles. The molecule has 3 nitrogen and oxygen atoms in total. The van der Waals surface area contributed by atoms with Gasteiger partial charge in [0.25, 0.3) is 0 Å². The van der Waals surface area contributed by atoms with E-state index in [9.17, 15) is 0 Å². The average molecular weight is 337 g/mol. The Morgan fingerprint density at radius 3 is 3.04 bits per heavy atom. The van der Waals surface area contributed by atoms with Crippen LogP contribution in [-0.4, -0.2) is 26.8 Å². The van der Waals surface area contributed by atoms with Crippen LogP contribution in [0.1, 0.15) is 11.1 Å². The van der Waals surface area contributed by atoms with Gasteiger partial charge in [-0.15, -0.1) is 11.3 Å². The third-order valence-electron chi connectivity index (χ3n) is 4.58. The van der Waals surface area contributed by atoms with Gasteiger partial charge in [0.2, 0.25) is 0 Å². The third kappa shape index (κ3) is 2.26. The summed E-state index contributed by atoms with van der Waals surface area (Å²) in [6.45, 7) is 0.982. The van der Waals surface area contributed by atoms with E-state index in [1.54, 1.807) is 11.3 Å². The number of thioether (sulfide) groups is 1. The number of nitrogens with zero attached hydrogens (tertiary/aromatic N) is 3. The van der Waals surface area contributed by atoms with Gasteiger partial charge in [0, 0.05) is 41.5 Å². The van der Waals surface area contributed by atoms with Gasteiger partial charge in [0.05, 0.1) is 10.4 Å². The maximum Gasteiger partial charge on any atom is 0.165 e. The summed E-state index contributed by atoms with van der Waals surface area (Å²) in [7, 11) is 0. The number of fused-ring (bicyclic) bond motifs is 3. The predicted molar refractivity (Wildman–Crippen MR) is 98.7 cm³/mol. The van der Waals surface area contributed by atoms with Crippen LogP contribution in [-0.2, 0) is 13.0 Å². The fourth-order valence-corrected chi connectivity index (χ4v) is 5.39. The van der Waals surface area contributed by atoms with Crippen LogP contribution < -0.4 is 0 Å². The summed E-state index contributed by atoms with van der Waals surface area (Å²) in [4.78, 5) is 11.7. The highest BCUT2D eigenvalue weighted by molar-refractivity contribution is 8.14. The lowest BCUT2D eigenvalue weighted by Gasteiger charge is -2.32. The number of pyridine rings is 1. The number of aromatic nitrogens is 1. The molecule has 3 aromatic rings. The predicted octanol–water partition coefficient (Wildman–Crippen LogP) is 4.46. The lowest BCUT2D eigenvalue weighted by atomic mass is 9.95. The van der Waals surface area contributed by atoms with Crippen LogP contribution in [0.5, 0.6) is 0 Å². The number of thiophene rings is 1. The van der Waals surface area contributed by atoms with E-state index in [1.165, 1.54) is 26.4 Å². The Morgan fingerprint density at radius 1 is 1.17 bits per heavy atom. The van der Waals surface area contributed by atoms with Crippen LogP contribution in [0.3, 0.4) is 0 Å². The van der Waals surface area contributed by atoms with Crippen molar-refractivity contribution in [3.8, 4) is 0 Å². The second-order valence-electron chi connectivity index (χ2n) is 5.95. The molecule has 5 heteroatoms. The molecule has 0 radical (unpaired) electrons. The highest BCUT2D eigenvalue weighted by Gasteiger charge is 2.34. The summed E-state index contributed by atoms with van der Waals surface area (Å²) >= 11 is 3.61. The van der Waals surface area contributed by atoms with Crippen molar-refractivity contribution in [3.63, 3.8) is 0 Å². The molecule has 1 saturated heterocycles. The molecule has 2 aromatic heterocycles. The maximum absolute atomic E-state index is 4.99. The van der Waals surface area contributed by atoms with E-state index in [0.29, 0.717) is 6.04 Å². The molecule has 2 aliphatic heterocycles. The Hall–Kier alpha value is -1.85. The van der Waals surface area contributed by atoms with Gasteiger partial charge in [-0.3, -0.25) is 4.98 Å². The molecule has 1 atom stereocenters. The standard InChI is InChI=1S/C18H15N3S2/c1-2-4-13-9-21-14(7-12(13)3-1)10-23-18(21)20-16-11-22-17-8-19-6-5-15(16)17/h1-6,8,11,14H,7,9-10H2. The second-order valence-corrected chi connectivity index (χ2v) is 7.85. The minimum Gasteiger partial charge on any atom is -0.343 e. The molecule has 0 spiro atoms. The molecular weight excluding hydrogens is 322 g/mol. The largest absolute Gasteiger partial charge is 0.343 e. The highest BCUT2D eigenvalue weighted by Crippen LogP contribution is 2.37. The number of benzene rings is 1. The van der Waals surface area contributed by atoms with E-state index in [4.69, 9.17) is 4.99 Å². The highest BCUT2D eigenvalue weighted by atomic mass is 32.2. The van der Waals surface area contributed by atoms with E-state index in [0.717, 1.165) is 24.4 Å². The first-order valence-corrected chi connectivity index (χ1v) is 9.61.